The van der Waals surface area contributed by atoms with Gasteiger partial charge in [0.1, 0.15) is 0 Å². The van der Waals surface area contributed by atoms with Crippen LogP contribution in [0.3, 0.4) is 0 Å². The summed E-state index contributed by atoms with van der Waals surface area (Å²) in [4.78, 5) is 0. The van der Waals surface area contributed by atoms with Crippen LogP contribution in [0.4, 0.5) is 0 Å². The Balaban J connectivity index is 2.26. The summed E-state index contributed by atoms with van der Waals surface area (Å²) in [7, 11) is 0. The minimum atomic E-state index is 0.831. The summed E-state index contributed by atoms with van der Waals surface area (Å²) >= 11 is 0. The van der Waals surface area contributed by atoms with Crippen molar-refractivity contribution in [3.63, 3.8) is 0 Å². The molecule has 0 fully saturated rings. The molecule has 0 saturated carbocycles. The summed E-state index contributed by atoms with van der Waals surface area (Å²) in [5.74, 6) is 4.44. The molecular weight excluding hydrogens is 444 g/mol. The van der Waals surface area contributed by atoms with Gasteiger partial charge in [-0.15, -0.1) is 0 Å². The van der Waals surface area contributed by atoms with Gasteiger partial charge in [0.15, 0.2) is 0 Å². The predicted octanol–water partition coefficient (Wildman–Crippen LogP) is 12.9. The molecule has 1 unspecified atom stereocenters. The fourth-order valence-corrected chi connectivity index (χ4v) is 5.96. The van der Waals surface area contributed by atoms with Gasteiger partial charge >= 0.3 is 0 Å². The number of hydrogen-bond acceptors (Lipinski definition) is 0. The minimum absolute atomic E-state index is 0.831. The zero-order chi connectivity index (χ0) is 27.0. The Morgan fingerprint density at radius 2 is 0.919 bits per heavy atom. The predicted molar refractivity (Wildman–Crippen MR) is 169 cm³/mol. The van der Waals surface area contributed by atoms with Crippen LogP contribution in [0.15, 0.2) is 30.3 Å². The summed E-state index contributed by atoms with van der Waals surface area (Å²) in [6.07, 6.45) is 31.2. The molecule has 0 nitrogen and oxygen atoms in total. The third kappa shape index (κ3) is 20.8. The van der Waals surface area contributed by atoms with Crippen LogP contribution in [0.2, 0.25) is 0 Å². The van der Waals surface area contributed by atoms with Gasteiger partial charge in [0.05, 0.1) is 0 Å². The first-order chi connectivity index (χ1) is 18.0. The maximum atomic E-state index is 2.44. The monoisotopic (exact) mass is 512 g/mol. The topological polar surface area (TPSA) is 0 Å². The molecule has 0 bridgehead atoms. The lowest BCUT2D eigenvalue weighted by molar-refractivity contribution is 0.411. The van der Waals surface area contributed by atoms with E-state index in [1.165, 1.54) is 147 Å². The number of unbranched alkanes of at least 4 members (excludes halogenated alkanes) is 14. The molecule has 1 rings (SSSR count). The first-order valence-corrected chi connectivity index (χ1v) is 16.9. The maximum Gasteiger partial charge on any atom is -0.0167 e. The molecule has 0 heterocycles. The van der Waals surface area contributed by atoms with Crippen LogP contribution >= 0.6 is 0 Å². The molecule has 37 heavy (non-hydrogen) atoms. The van der Waals surface area contributed by atoms with Gasteiger partial charge in [-0.1, -0.05) is 187 Å². The molecule has 0 aromatic heterocycles. The molecule has 1 aromatic rings. The van der Waals surface area contributed by atoms with Crippen LogP contribution in [-0.2, 0) is 6.42 Å². The number of benzene rings is 1. The first-order valence-electron chi connectivity index (χ1n) is 16.9. The molecule has 215 valence electrons. The van der Waals surface area contributed by atoms with Gasteiger partial charge in [0, 0.05) is 0 Å². The van der Waals surface area contributed by atoms with Crippen molar-refractivity contribution in [3.8, 4) is 0 Å². The van der Waals surface area contributed by atoms with Gasteiger partial charge in [0.2, 0.25) is 0 Å². The third-order valence-electron chi connectivity index (χ3n) is 8.46. The van der Waals surface area contributed by atoms with Crippen LogP contribution in [0.1, 0.15) is 175 Å². The minimum Gasteiger partial charge on any atom is -0.0651 e. The lowest BCUT2D eigenvalue weighted by Crippen LogP contribution is -2.15. The summed E-state index contributed by atoms with van der Waals surface area (Å²) in [5.41, 5.74) is 1.52. The molecule has 1 radical (unpaired) electrons. The highest BCUT2D eigenvalue weighted by molar-refractivity contribution is 5.20. The van der Waals surface area contributed by atoms with E-state index in [1.807, 2.05) is 5.92 Å². The van der Waals surface area contributed by atoms with Gasteiger partial charge in [0.25, 0.3) is 0 Å². The van der Waals surface area contributed by atoms with Crippen LogP contribution in [0.25, 0.3) is 0 Å². The van der Waals surface area contributed by atoms with E-state index in [0.29, 0.717) is 0 Å². The average molecular weight is 512 g/mol. The van der Waals surface area contributed by atoms with E-state index in [1.54, 1.807) is 0 Å². The second kappa shape index (κ2) is 24.3. The lowest BCUT2D eigenvalue weighted by Gasteiger charge is -2.26. The van der Waals surface area contributed by atoms with Crippen molar-refractivity contribution in [2.45, 2.75) is 176 Å². The van der Waals surface area contributed by atoms with Gasteiger partial charge in [-0.25, -0.2) is 0 Å². The third-order valence-corrected chi connectivity index (χ3v) is 8.46. The highest BCUT2D eigenvalue weighted by atomic mass is 14.2. The largest absolute Gasteiger partial charge is 0.0651 e. The van der Waals surface area contributed by atoms with E-state index in [4.69, 9.17) is 0 Å². The molecule has 0 saturated heterocycles. The van der Waals surface area contributed by atoms with E-state index in [0.717, 1.165) is 17.8 Å². The van der Waals surface area contributed by atoms with Crippen molar-refractivity contribution < 1.29 is 0 Å². The van der Waals surface area contributed by atoms with Crippen molar-refractivity contribution in [3.05, 3.63) is 41.8 Å². The van der Waals surface area contributed by atoms with Gasteiger partial charge in [-0.3, -0.25) is 0 Å². The smallest absolute Gasteiger partial charge is 0.0167 e. The molecule has 0 heteroatoms. The summed E-state index contributed by atoms with van der Waals surface area (Å²) < 4.78 is 0. The Kier molecular flexibility index (Phi) is 22.5. The van der Waals surface area contributed by atoms with E-state index < -0.39 is 0 Å². The summed E-state index contributed by atoms with van der Waals surface area (Å²) in [6, 6.07) is 11.3. The van der Waals surface area contributed by atoms with Crippen LogP contribution in [0.5, 0.6) is 0 Å². The molecule has 0 aliphatic rings. The second-order valence-corrected chi connectivity index (χ2v) is 13.0. The highest BCUT2D eigenvalue weighted by Gasteiger charge is 2.20. The zero-order valence-corrected chi connectivity index (χ0v) is 26.2. The standard InChI is InChI=1S/C37H67/c1-6-36(30-24-17-13-9-7-11-15-20-26-33(2)3)37(32-35-28-22-19-23-29-35)31-25-18-14-10-8-12-16-21-27-34(4)5/h19,22-23,28-29,33-34,36H,6-18,20-21,24-27,30-32H2,1-5H3. The van der Waals surface area contributed by atoms with Gasteiger partial charge < -0.3 is 0 Å². The average Bonchev–Trinajstić information content (AvgIpc) is 2.88. The van der Waals surface area contributed by atoms with E-state index in [9.17, 15) is 0 Å². The zero-order valence-electron chi connectivity index (χ0n) is 26.2. The van der Waals surface area contributed by atoms with Crippen molar-refractivity contribution >= 4 is 0 Å². The summed E-state index contributed by atoms with van der Waals surface area (Å²) in [6.45, 7) is 11.8. The lowest BCUT2D eigenvalue weighted by atomic mass is 9.79. The fourth-order valence-electron chi connectivity index (χ4n) is 5.96. The molecule has 0 spiro atoms. The number of rotatable bonds is 26. The molecule has 0 N–H and O–H groups in total. The molecule has 0 aliphatic carbocycles. The van der Waals surface area contributed by atoms with Gasteiger partial charge in [-0.2, -0.15) is 0 Å². The Hall–Kier alpha value is -0.780. The van der Waals surface area contributed by atoms with Crippen molar-refractivity contribution in [2.24, 2.45) is 17.8 Å². The molecule has 1 aromatic carbocycles. The van der Waals surface area contributed by atoms with Crippen LogP contribution < -0.4 is 0 Å². The van der Waals surface area contributed by atoms with Crippen LogP contribution in [0, 0.1) is 23.7 Å². The van der Waals surface area contributed by atoms with Crippen LogP contribution in [-0.4, -0.2) is 0 Å². The molecular formula is C37H67. The Morgan fingerprint density at radius 3 is 1.35 bits per heavy atom. The summed E-state index contributed by atoms with van der Waals surface area (Å²) in [5, 5.41) is 0. The van der Waals surface area contributed by atoms with E-state index in [-0.39, 0.29) is 0 Å². The second-order valence-electron chi connectivity index (χ2n) is 13.0. The highest BCUT2D eigenvalue weighted by Crippen LogP contribution is 2.32. The normalized spacial score (nSPS) is 12.8. The number of hydrogen-bond donors (Lipinski definition) is 0. The van der Waals surface area contributed by atoms with Gasteiger partial charge in [-0.05, 0) is 48.5 Å². The maximum absolute atomic E-state index is 2.44. The molecule has 1 atom stereocenters. The molecule has 0 aliphatic heterocycles. The Labute approximate surface area is 235 Å². The Bertz CT molecular complexity index is 571. The Morgan fingerprint density at radius 1 is 0.514 bits per heavy atom. The van der Waals surface area contributed by atoms with Crippen molar-refractivity contribution in [2.75, 3.05) is 0 Å². The van der Waals surface area contributed by atoms with E-state index in [2.05, 4.69) is 65.0 Å². The first kappa shape index (κ1) is 34.2. The van der Waals surface area contributed by atoms with E-state index >= 15 is 0 Å². The molecule has 0 amide bonds. The SMILES string of the molecule is CCC(CCCCCCCCCCC(C)C)[C](CCCCCCCCCCC(C)C)Cc1ccccc1. The fraction of sp³-hybridized carbons (Fsp3) is 0.811. The van der Waals surface area contributed by atoms with Crippen molar-refractivity contribution in [1.29, 1.82) is 0 Å². The van der Waals surface area contributed by atoms with Crippen molar-refractivity contribution in [1.82, 2.24) is 0 Å². The quantitative estimate of drug-likeness (QED) is 0.108.